The summed E-state index contributed by atoms with van der Waals surface area (Å²) < 4.78 is 16.5. The zero-order chi connectivity index (χ0) is 14.8. The van der Waals surface area contributed by atoms with E-state index in [4.69, 9.17) is 30.9 Å². The molecular formula is C15H17ClO5. The van der Waals surface area contributed by atoms with Crippen LogP contribution in [0.5, 0.6) is 11.5 Å². The van der Waals surface area contributed by atoms with Crippen molar-refractivity contribution < 1.29 is 24.1 Å². The first-order chi connectivity index (χ1) is 10.1. The number of hydrogen-bond donors (Lipinski definition) is 1. The third-order valence-electron chi connectivity index (χ3n) is 4.00. The zero-order valence-electron chi connectivity index (χ0n) is 11.5. The fourth-order valence-electron chi connectivity index (χ4n) is 2.79. The summed E-state index contributed by atoms with van der Waals surface area (Å²) in [5.41, 5.74) is 0.935. The summed E-state index contributed by atoms with van der Waals surface area (Å²) in [6.07, 6.45) is 3.05. The number of ether oxygens (including phenoxy) is 3. The molecule has 0 spiro atoms. The van der Waals surface area contributed by atoms with Crippen molar-refractivity contribution >= 4 is 17.6 Å². The lowest BCUT2D eigenvalue weighted by atomic mass is 9.87. The minimum Gasteiger partial charge on any atom is -0.481 e. The molecule has 1 aliphatic carbocycles. The molecule has 0 aromatic heterocycles. The lowest BCUT2D eigenvalue weighted by Crippen LogP contribution is -2.25. The van der Waals surface area contributed by atoms with Gasteiger partial charge in [0.05, 0.1) is 23.7 Å². The second-order valence-corrected chi connectivity index (χ2v) is 5.84. The topological polar surface area (TPSA) is 65.0 Å². The second kappa shape index (κ2) is 6.12. The number of carbonyl (C=O) groups is 1. The van der Waals surface area contributed by atoms with E-state index in [1.54, 1.807) is 0 Å². The summed E-state index contributed by atoms with van der Waals surface area (Å²) in [6, 6.07) is 3.69. The molecule has 21 heavy (non-hydrogen) atoms. The third-order valence-corrected chi connectivity index (χ3v) is 4.28. The quantitative estimate of drug-likeness (QED) is 0.924. The van der Waals surface area contributed by atoms with Crippen LogP contribution in [0.1, 0.15) is 31.2 Å². The van der Waals surface area contributed by atoms with E-state index in [0.29, 0.717) is 36.0 Å². The molecule has 1 heterocycles. The molecule has 0 amide bonds. The van der Waals surface area contributed by atoms with Gasteiger partial charge < -0.3 is 19.3 Å². The van der Waals surface area contributed by atoms with Gasteiger partial charge in [-0.1, -0.05) is 11.6 Å². The monoisotopic (exact) mass is 312 g/mol. The van der Waals surface area contributed by atoms with E-state index < -0.39 is 5.97 Å². The Labute approximate surface area is 127 Å². The minimum absolute atomic E-state index is 0.116. The van der Waals surface area contributed by atoms with Crippen LogP contribution < -0.4 is 9.47 Å². The number of aliphatic carboxylic acids is 1. The Balaban J connectivity index is 1.54. The van der Waals surface area contributed by atoms with E-state index in [9.17, 15) is 4.79 Å². The summed E-state index contributed by atoms with van der Waals surface area (Å²) in [7, 11) is 0. The van der Waals surface area contributed by atoms with Crippen LogP contribution in [0.25, 0.3) is 0 Å². The van der Waals surface area contributed by atoms with Crippen molar-refractivity contribution in [1.29, 1.82) is 0 Å². The van der Waals surface area contributed by atoms with Crippen molar-refractivity contribution in [2.45, 2.75) is 38.4 Å². The molecule has 1 saturated carbocycles. The van der Waals surface area contributed by atoms with Crippen LogP contribution in [0.15, 0.2) is 12.1 Å². The lowest BCUT2D eigenvalue weighted by Gasteiger charge is -2.26. The van der Waals surface area contributed by atoms with Crippen molar-refractivity contribution in [3.63, 3.8) is 0 Å². The Hall–Kier alpha value is -1.46. The van der Waals surface area contributed by atoms with Crippen molar-refractivity contribution in [2.75, 3.05) is 6.79 Å². The van der Waals surface area contributed by atoms with Gasteiger partial charge in [0.15, 0.2) is 11.5 Å². The van der Waals surface area contributed by atoms with Crippen molar-refractivity contribution in [2.24, 2.45) is 5.92 Å². The lowest BCUT2D eigenvalue weighted by molar-refractivity contribution is -0.143. The number of hydrogen-bond acceptors (Lipinski definition) is 4. The van der Waals surface area contributed by atoms with Crippen LogP contribution in [0.2, 0.25) is 5.02 Å². The van der Waals surface area contributed by atoms with E-state index in [0.717, 1.165) is 18.4 Å². The summed E-state index contributed by atoms with van der Waals surface area (Å²) >= 11 is 6.12. The highest BCUT2D eigenvalue weighted by Gasteiger charge is 2.26. The minimum atomic E-state index is -0.698. The van der Waals surface area contributed by atoms with Gasteiger partial charge in [0.25, 0.3) is 0 Å². The van der Waals surface area contributed by atoms with E-state index in [1.165, 1.54) is 0 Å². The number of carboxylic acids is 1. The SMILES string of the molecule is O=C(O)C1CCC(OCc2cc(Cl)c3c(c2)OCO3)CC1. The first-order valence-electron chi connectivity index (χ1n) is 7.06. The molecule has 0 radical (unpaired) electrons. The Morgan fingerprint density at radius 2 is 2.05 bits per heavy atom. The molecular weight excluding hydrogens is 296 g/mol. The molecule has 1 fully saturated rings. The molecule has 1 aromatic rings. The Kier molecular flexibility index (Phi) is 4.22. The standard InChI is InChI=1S/C15H17ClO5/c16-12-5-9(6-13-14(12)21-8-20-13)7-19-11-3-1-10(2-4-11)15(17)18/h5-6,10-11H,1-4,7-8H2,(H,17,18). The van der Waals surface area contributed by atoms with E-state index in [1.807, 2.05) is 12.1 Å². The molecule has 1 aromatic carbocycles. The first kappa shape index (κ1) is 14.5. The van der Waals surface area contributed by atoms with Gasteiger partial charge in [-0.15, -0.1) is 0 Å². The molecule has 114 valence electrons. The molecule has 5 nitrogen and oxygen atoms in total. The molecule has 6 heteroatoms. The Morgan fingerprint density at radius 1 is 1.29 bits per heavy atom. The third kappa shape index (κ3) is 3.24. The number of rotatable bonds is 4. The average Bonchev–Trinajstić information content (AvgIpc) is 2.94. The Morgan fingerprint density at radius 3 is 2.76 bits per heavy atom. The molecule has 1 N–H and O–H groups in total. The van der Waals surface area contributed by atoms with E-state index >= 15 is 0 Å². The number of fused-ring (bicyclic) bond motifs is 1. The summed E-state index contributed by atoms with van der Waals surface area (Å²) in [6.45, 7) is 0.636. The van der Waals surface area contributed by atoms with Gasteiger partial charge in [-0.3, -0.25) is 4.79 Å². The molecule has 0 unspecified atom stereocenters. The molecule has 0 saturated heterocycles. The summed E-state index contributed by atoms with van der Waals surface area (Å²) in [5.74, 6) is 0.318. The van der Waals surface area contributed by atoms with Crippen LogP contribution in [0, 0.1) is 5.92 Å². The van der Waals surface area contributed by atoms with Gasteiger partial charge in [0.1, 0.15) is 0 Å². The van der Waals surface area contributed by atoms with Gasteiger partial charge in [-0.25, -0.2) is 0 Å². The van der Waals surface area contributed by atoms with Crippen LogP contribution in [-0.4, -0.2) is 24.0 Å². The number of benzene rings is 1. The van der Waals surface area contributed by atoms with Crippen LogP contribution in [0.4, 0.5) is 0 Å². The first-order valence-corrected chi connectivity index (χ1v) is 7.43. The highest BCUT2D eigenvalue weighted by Crippen LogP contribution is 2.40. The van der Waals surface area contributed by atoms with E-state index in [-0.39, 0.29) is 18.8 Å². The highest BCUT2D eigenvalue weighted by atomic mass is 35.5. The van der Waals surface area contributed by atoms with Crippen LogP contribution >= 0.6 is 11.6 Å². The number of carboxylic acid groups (broad SMARTS) is 1. The highest BCUT2D eigenvalue weighted by molar-refractivity contribution is 6.32. The largest absolute Gasteiger partial charge is 0.481 e. The maximum absolute atomic E-state index is 10.9. The Bertz CT molecular complexity index is 537. The summed E-state index contributed by atoms with van der Waals surface area (Å²) in [5, 5.41) is 9.50. The molecule has 0 atom stereocenters. The van der Waals surface area contributed by atoms with Gasteiger partial charge in [-0.2, -0.15) is 0 Å². The van der Waals surface area contributed by atoms with Crippen molar-refractivity contribution in [1.82, 2.24) is 0 Å². The predicted molar refractivity (Wildman–Crippen MR) is 75.7 cm³/mol. The zero-order valence-corrected chi connectivity index (χ0v) is 12.3. The van der Waals surface area contributed by atoms with E-state index in [2.05, 4.69) is 0 Å². The normalized spacial score (nSPS) is 24.0. The van der Waals surface area contributed by atoms with Crippen molar-refractivity contribution in [3.8, 4) is 11.5 Å². The predicted octanol–water partition coefficient (Wildman–Crippen LogP) is 3.23. The van der Waals surface area contributed by atoms with Crippen LogP contribution in [-0.2, 0) is 16.1 Å². The fourth-order valence-corrected chi connectivity index (χ4v) is 3.08. The van der Waals surface area contributed by atoms with Crippen molar-refractivity contribution in [3.05, 3.63) is 22.7 Å². The van der Waals surface area contributed by atoms with Gasteiger partial charge in [-0.05, 0) is 43.4 Å². The molecule has 2 aliphatic rings. The maximum atomic E-state index is 10.9. The second-order valence-electron chi connectivity index (χ2n) is 5.43. The van der Waals surface area contributed by atoms with Gasteiger partial charge in [0.2, 0.25) is 6.79 Å². The smallest absolute Gasteiger partial charge is 0.306 e. The fraction of sp³-hybridized carbons (Fsp3) is 0.533. The molecule has 0 bridgehead atoms. The van der Waals surface area contributed by atoms with Gasteiger partial charge >= 0.3 is 5.97 Å². The summed E-state index contributed by atoms with van der Waals surface area (Å²) in [4.78, 5) is 10.9. The number of halogens is 1. The average molecular weight is 313 g/mol. The van der Waals surface area contributed by atoms with Gasteiger partial charge in [0, 0.05) is 0 Å². The van der Waals surface area contributed by atoms with Crippen LogP contribution in [0.3, 0.4) is 0 Å². The molecule has 3 rings (SSSR count). The maximum Gasteiger partial charge on any atom is 0.306 e. The molecule has 1 aliphatic heterocycles.